The molecule has 84 valence electrons. The summed E-state index contributed by atoms with van der Waals surface area (Å²) >= 11 is 6.44. The Morgan fingerprint density at radius 2 is 1.93 bits per heavy atom. The first kappa shape index (κ1) is 12.5. The van der Waals surface area contributed by atoms with Crippen molar-refractivity contribution in [2.75, 3.05) is 18.8 Å². The number of thiol groups is 2. The zero-order chi connectivity index (χ0) is 11.1. The third-order valence-corrected chi connectivity index (χ3v) is 2.20. The van der Waals surface area contributed by atoms with Crippen LogP contribution in [-0.2, 0) is 0 Å². The molecule has 1 fully saturated rings. The largest absolute Gasteiger partial charge is 0.489 e. The molecule has 1 aromatic rings. The molecule has 0 spiro atoms. The highest BCUT2D eigenvalue weighted by Crippen LogP contribution is 2.16. The van der Waals surface area contributed by atoms with Gasteiger partial charge in [-0.1, -0.05) is 0 Å². The van der Waals surface area contributed by atoms with Crippen LogP contribution in [0.15, 0.2) is 24.3 Å². The fourth-order valence-corrected chi connectivity index (χ4v) is 1.47. The second kappa shape index (κ2) is 6.87. The third kappa shape index (κ3) is 4.24. The molecule has 0 aromatic heterocycles. The van der Waals surface area contributed by atoms with Gasteiger partial charge in [0.25, 0.3) is 0 Å². The lowest BCUT2D eigenvalue weighted by atomic mass is 10.3. The summed E-state index contributed by atoms with van der Waals surface area (Å²) in [4.78, 5) is 0. The van der Waals surface area contributed by atoms with E-state index in [9.17, 15) is 0 Å². The van der Waals surface area contributed by atoms with E-state index in [4.69, 9.17) is 10.5 Å². The molecule has 1 aliphatic heterocycles. The molecule has 5 heteroatoms. The van der Waals surface area contributed by atoms with Crippen LogP contribution < -0.4 is 15.8 Å². The van der Waals surface area contributed by atoms with Crippen molar-refractivity contribution < 1.29 is 4.74 Å². The maximum absolute atomic E-state index is 5.71. The van der Waals surface area contributed by atoms with Crippen molar-refractivity contribution in [3.63, 3.8) is 0 Å². The fraction of sp³-hybridized carbons (Fsp3) is 0.400. The van der Waals surface area contributed by atoms with Crippen molar-refractivity contribution >= 4 is 29.0 Å². The molecular formula is C10H16N2OS2. The summed E-state index contributed by atoms with van der Waals surface area (Å²) in [6.45, 7) is 2.00. The normalized spacial score (nSPS) is 19.2. The Kier molecular flexibility index (Phi) is 5.75. The maximum atomic E-state index is 5.71. The number of nitrogen functional groups attached to an aromatic ring is 1. The molecule has 1 heterocycles. The van der Waals surface area contributed by atoms with E-state index < -0.39 is 0 Å². The Balaban J connectivity index is 0.000000531. The van der Waals surface area contributed by atoms with Gasteiger partial charge in [-0.2, -0.15) is 0 Å². The zero-order valence-electron chi connectivity index (χ0n) is 8.39. The van der Waals surface area contributed by atoms with Crippen molar-refractivity contribution in [1.82, 2.24) is 5.32 Å². The smallest absolute Gasteiger partial charge is 0.119 e. The standard InChI is InChI=1S/C10H14N2O.H2S2/c11-8-1-3-9(4-2-8)13-10-5-6-12-7-10;1-2/h1-4,10,12H,5-7,11H2;1-2H. The Bertz CT molecular complexity index is 273. The summed E-state index contributed by atoms with van der Waals surface area (Å²) in [5, 5.41) is 3.25. The molecule has 3 N–H and O–H groups in total. The molecular weight excluding hydrogens is 228 g/mol. The number of hydrogen-bond acceptors (Lipinski definition) is 5. The van der Waals surface area contributed by atoms with Gasteiger partial charge in [0, 0.05) is 12.2 Å². The van der Waals surface area contributed by atoms with Gasteiger partial charge < -0.3 is 15.8 Å². The number of benzene rings is 1. The number of nitrogens with two attached hydrogens (primary N) is 1. The molecule has 3 nitrogen and oxygen atoms in total. The SMILES string of the molecule is Nc1ccc(OC2CCNC2)cc1.SS. The van der Waals surface area contributed by atoms with Crippen LogP contribution in [0.1, 0.15) is 6.42 Å². The van der Waals surface area contributed by atoms with Crippen molar-refractivity contribution in [2.45, 2.75) is 12.5 Å². The molecule has 1 atom stereocenters. The molecule has 1 aliphatic rings. The molecule has 2 rings (SSSR count). The minimum Gasteiger partial charge on any atom is -0.489 e. The van der Waals surface area contributed by atoms with Crippen molar-refractivity contribution in [1.29, 1.82) is 0 Å². The van der Waals surface area contributed by atoms with Gasteiger partial charge in [0.05, 0.1) is 0 Å². The van der Waals surface area contributed by atoms with E-state index in [1.807, 2.05) is 24.3 Å². The molecule has 0 bridgehead atoms. The highest BCUT2D eigenvalue weighted by atomic mass is 33.1. The summed E-state index contributed by atoms with van der Waals surface area (Å²) in [5.41, 5.74) is 6.34. The molecule has 0 aliphatic carbocycles. The van der Waals surface area contributed by atoms with E-state index in [1.165, 1.54) is 0 Å². The lowest BCUT2D eigenvalue weighted by Gasteiger charge is -2.11. The summed E-state index contributed by atoms with van der Waals surface area (Å²) in [6, 6.07) is 7.54. The van der Waals surface area contributed by atoms with E-state index >= 15 is 0 Å². The van der Waals surface area contributed by atoms with Crippen LogP contribution in [0.2, 0.25) is 0 Å². The van der Waals surface area contributed by atoms with Crippen LogP contribution in [0.3, 0.4) is 0 Å². The van der Waals surface area contributed by atoms with E-state index in [0.717, 1.165) is 30.9 Å². The lowest BCUT2D eigenvalue weighted by molar-refractivity contribution is 0.223. The van der Waals surface area contributed by atoms with E-state index in [0.29, 0.717) is 6.10 Å². The van der Waals surface area contributed by atoms with Crippen molar-refractivity contribution in [3.05, 3.63) is 24.3 Å². The second-order valence-electron chi connectivity index (χ2n) is 3.30. The number of rotatable bonds is 2. The highest BCUT2D eigenvalue weighted by Gasteiger charge is 2.15. The van der Waals surface area contributed by atoms with Gasteiger partial charge in [-0.25, -0.2) is 0 Å². The van der Waals surface area contributed by atoms with Gasteiger partial charge in [-0.3, -0.25) is 0 Å². The van der Waals surface area contributed by atoms with E-state index in [-0.39, 0.29) is 0 Å². The van der Waals surface area contributed by atoms with Gasteiger partial charge in [-0.15, -0.1) is 23.3 Å². The first-order chi connectivity index (χ1) is 7.34. The minimum absolute atomic E-state index is 0.323. The molecule has 1 saturated heterocycles. The average Bonchev–Trinajstić information content (AvgIpc) is 2.77. The lowest BCUT2D eigenvalue weighted by Crippen LogP contribution is -2.19. The van der Waals surface area contributed by atoms with Crippen LogP contribution in [0, 0.1) is 0 Å². The Hall–Kier alpha value is -0.520. The predicted octanol–water partition coefficient (Wildman–Crippen LogP) is 1.77. The van der Waals surface area contributed by atoms with Crippen LogP contribution in [0.5, 0.6) is 5.75 Å². The number of hydrogen-bond donors (Lipinski definition) is 4. The van der Waals surface area contributed by atoms with Gasteiger partial charge in [0.2, 0.25) is 0 Å². The van der Waals surface area contributed by atoms with Crippen LogP contribution >= 0.6 is 23.3 Å². The van der Waals surface area contributed by atoms with Crippen LogP contribution in [0.25, 0.3) is 0 Å². The Labute approximate surface area is 101 Å². The number of ether oxygens (including phenoxy) is 1. The second-order valence-corrected chi connectivity index (χ2v) is 3.30. The average molecular weight is 244 g/mol. The van der Waals surface area contributed by atoms with E-state index in [2.05, 4.69) is 28.6 Å². The zero-order valence-corrected chi connectivity index (χ0v) is 10.2. The topological polar surface area (TPSA) is 47.3 Å². The van der Waals surface area contributed by atoms with Gasteiger partial charge >= 0.3 is 0 Å². The summed E-state index contributed by atoms with van der Waals surface area (Å²) in [6.07, 6.45) is 1.41. The first-order valence-corrected chi connectivity index (χ1v) is 6.37. The quantitative estimate of drug-likeness (QED) is 0.364. The van der Waals surface area contributed by atoms with Crippen molar-refractivity contribution in [2.24, 2.45) is 0 Å². The van der Waals surface area contributed by atoms with Crippen LogP contribution in [-0.4, -0.2) is 19.2 Å². The van der Waals surface area contributed by atoms with Gasteiger partial charge in [-0.05, 0) is 37.2 Å². The van der Waals surface area contributed by atoms with Crippen molar-refractivity contribution in [3.8, 4) is 5.75 Å². The maximum Gasteiger partial charge on any atom is 0.119 e. The molecule has 1 unspecified atom stereocenters. The van der Waals surface area contributed by atoms with E-state index in [1.54, 1.807) is 0 Å². The summed E-state index contributed by atoms with van der Waals surface area (Å²) < 4.78 is 5.71. The molecule has 1 aromatic carbocycles. The predicted molar refractivity (Wildman–Crippen MR) is 70.7 cm³/mol. The highest BCUT2D eigenvalue weighted by molar-refractivity contribution is 8.59. The molecule has 15 heavy (non-hydrogen) atoms. The number of nitrogens with one attached hydrogen (secondary N) is 1. The molecule has 0 saturated carbocycles. The monoisotopic (exact) mass is 244 g/mol. The third-order valence-electron chi connectivity index (χ3n) is 2.20. The fourth-order valence-electron chi connectivity index (χ4n) is 1.47. The summed E-state index contributed by atoms with van der Waals surface area (Å²) in [5.74, 6) is 0.905. The summed E-state index contributed by atoms with van der Waals surface area (Å²) in [7, 11) is 0. The Morgan fingerprint density at radius 3 is 2.47 bits per heavy atom. The Morgan fingerprint density at radius 1 is 1.27 bits per heavy atom. The molecule has 0 radical (unpaired) electrons. The minimum atomic E-state index is 0.323. The number of anilines is 1. The first-order valence-electron chi connectivity index (χ1n) is 4.77. The molecule has 0 amide bonds. The van der Waals surface area contributed by atoms with Crippen LogP contribution in [0.4, 0.5) is 5.69 Å². The van der Waals surface area contributed by atoms with Gasteiger partial charge in [0.15, 0.2) is 0 Å². The van der Waals surface area contributed by atoms with Gasteiger partial charge in [0.1, 0.15) is 11.9 Å².